The van der Waals surface area contributed by atoms with Gasteiger partial charge in [0.1, 0.15) is 23.9 Å². The van der Waals surface area contributed by atoms with Crippen molar-refractivity contribution in [3.63, 3.8) is 0 Å². The highest BCUT2D eigenvalue weighted by Crippen LogP contribution is 2.28. The minimum atomic E-state index is -0.347. The Hall–Kier alpha value is -2.70. The first-order valence-electron chi connectivity index (χ1n) is 9.64. The Balaban J connectivity index is 1.62. The lowest BCUT2D eigenvalue weighted by Gasteiger charge is -2.31. The molecule has 148 valence electrons. The number of hydrogen-bond donors (Lipinski definition) is 3. The third kappa shape index (κ3) is 4.77. The molecule has 1 aliphatic rings. The second-order valence-corrected chi connectivity index (χ2v) is 7.23. The van der Waals surface area contributed by atoms with Gasteiger partial charge in [-0.1, -0.05) is 24.3 Å². The molecule has 0 aliphatic heterocycles. The van der Waals surface area contributed by atoms with E-state index in [-0.39, 0.29) is 18.0 Å². The maximum Gasteiger partial charge on any atom is 0.146 e. The molecule has 1 heterocycles. The Kier molecular flexibility index (Phi) is 6.79. The van der Waals surface area contributed by atoms with Gasteiger partial charge in [-0.15, -0.1) is 0 Å². The van der Waals surface area contributed by atoms with Gasteiger partial charge in [0.15, 0.2) is 0 Å². The Labute approximate surface area is 164 Å². The molecule has 2 aromatic rings. The molecule has 3 unspecified atom stereocenters. The van der Waals surface area contributed by atoms with E-state index in [9.17, 15) is 9.59 Å². The number of allylic oxidation sites excluding steroid dienone is 3. The van der Waals surface area contributed by atoms with Crippen molar-refractivity contribution in [2.24, 2.45) is 17.4 Å². The lowest BCUT2D eigenvalue weighted by atomic mass is 9.80. The summed E-state index contributed by atoms with van der Waals surface area (Å²) in [4.78, 5) is 22.0. The number of fused-ring (bicyclic) bond motifs is 1. The zero-order valence-corrected chi connectivity index (χ0v) is 15.8. The fourth-order valence-corrected chi connectivity index (χ4v) is 3.61. The van der Waals surface area contributed by atoms with Crippen LogP contribution in [0.4, 0.5) is 0 Å². The highest BCUT2D eigenvalue weighted by Gasteiger charge is 2.29. The molecule has 0 amide bonds. The van der Waals surface area contributed by atoms with Crippen molar-refractivity contribution >= 4 is 23.5 Å². The molecule has 3 rings (SSSR count). The molecule has 6 nitrogen and oxygen atoms in total. The van der Waals surface area contributed by atoms with E-state index in [1.165, 1.54) is 0 Å². The van der Waals surface area contributed by atoms with Crippen LogP contribution in [-0.4, -0.2) is 24.7 Å². The van der Waals surface area contributed by atoms with Crippen LogP contribution in [0.25, 0.3) is 11.0 Å². The molecule has 3 atom stereocenters. The maximum atomic E-state index is 11.5. The smallest absolute Gasteiger partial charge is 0.146 e. The van der Waals surface area contributed by atoms with E-state index in [4.69, 9.17) is 15.9 Å². The summed E-state index contributed by atoms with van der Waals surface area (Å²) in [5.41, 5.74) is 15.1. The molecule has 0 saturated heterocycles. The van der Waals surface area contributed by atoms with Crippen LogP contribution in [0.5, 0.6) is 0 Å². The number of nitrogens with one attached hydrogen (secondary N) is 1. The number of rotatable bonds is 10. The van der Waals surface area contributed by atoms with Crippen molar-refractivity contribution in [2.45, 2.75) is 44.3 Å². The summed E-state index contributed by atoms with van der Waals surface area (Å²) in [5, 5.41) is 4.45. The zero-order valence-electron chi connectivity index (χ0n) is 15.8. The predicted octanol–water partition coefficient (Wildman–Crippen LogP) is 2.58. The highest BCUT2D eigenvalue weighted by atomic mass is 16.3. The number of aldehydes is 2. The minimum Gasteiger partial charge on any atom is -0.459 e. The van der Waals surface area contributed by atoms with Crippen LogP contribution < -0.4 is 16.8 Å². The van der Waals surface area contributed by atoms with Crippen LogP contribution in [0.15, 0.2) is 58.2 Å². The van der Waals surface area contributed by atoms with Crippen LogP contribution in [0.3, 0.4) is 0 Å². The number of furan rings is 1. The molecule has 28 heavy (non-hydrogen) atoms. The normalized spacial score (nSPS) is 18.9. The van der Waals surface area contributed by atoms with Crippen LogP contribution >= 0.6 is 0 Å². The summed E-state index contributed by atoms with van der Waals surface area (Å²) in [7, 11) is 0. The summed E-state index contributed by atoms with van der Waals surface area (Å²) in [6.07, 6.45) is 7.92. The molecule has 0 saturated carbocycles. The van der Waals surface area contributed by atoms with E-state index in [0.29, 0.717) is 37.8 Å². The molecule has 0 bridgehead atoms. The van der Waals surface area contributed by atoms with Gasteiger partial charge in [-0.3, -0.25) is 4.79 Å². The molecule has 1 aliphatic carbocycles. The fourth-order valence-electron chi connectivity index (χ4n) is 3.61. The van der Waals surface area contributed by atoms with Gasteiger partial charge in [-0.05, 0) is 43.0 Å². The third-order valence-electron chi connectivity index (χ3n) is 5.27. The van der Waals surface area contributed by atoms with E-state index in [1.807, 2.05) is 36.4 Å². The second kappa shape index (κ2) is 9.48. The van der Waals surface area contributed by atoms with E-state index in [1.54, 1.807) is 6.08 Å². The number of unbranched alkanes of at least 4 members (excludes halogenated alkanes) is 1. The minimum absolute atomic E-state index is 0.146. The van der Waals surface area contributed by atoms with E-state index >= 15 is 0 Å². The van der Waals surface area contributed by atoms with Gasteiger partial charge in [0.25, 0.3) is 0 Å². The van der Waals surface area contributed by atoms with E-state index in [2.05, 4.69) is 5.32 Å². The largest absolute Gasteiger partial charge is 0.459 e. The van der Waals surface area contributed by atoms with Crippen LogP contribution in [0.2, 0.25) is 0 Å². The predicted molar refractivity (Wildman–Crippen MR) is 109 cm³/mol. The fraction of sp³-hybridized carbons (Fsp3) is 0.364. The van der Waals surface area contributed by atoms with Crippen LogP contribution in [-0.2, 0) is 16.1 Å². The van der Waals surface area contributed by atoms with Crippen molar-refractivity contribution in [2.75, 3.05) is 0 Å². The van der Waals surface area contributed by atoms with Crippen molar-refractivity contribution in [1.29, 1.82) is 0 Å². The summed E-state index contributed by atoms with van der Waals surface area (Å²) < 4.78 is 5.83. The average Bonchev–Trinajstić information content (AvgIpc) is 3.14. The van der Waals surface area contributed by atoms with Gasteiger partial charge in [-0.2, -0.15) is 0 Å². The molecule has 0 spiro atoms. The van der Waals surface area contributed by atoms with Gasteiger partial charge in [-0.25, -0.2) is 0 Å². The number of nitrogens with two attached hydrogens (primary N) is 2. The van der Waals surface area contributed by atoms with Crippen molar-refractivity contribution < 1.29 is 14.0 Å². The number of para-hydroxylation sites is 1. The standard InChI is InChI=1S/C22H27N3O3/c23-20(6-3-4-10-26)22(24)19-12-17(9-8-16(19)14-27)25-13-18-11-15-5-1-2-7-21(15)28-18/h1-2,5,7-11,14,19-20,22,25H,3-4,6,12-13,23-24H2. The first-order chi connectivity index (χ1) is 13.6. The third-order valence-corrected chi connectivity index (χ3v) is 5.27. The molecule has 1 aromatic carbocycles. The van der Waals surface area contributed by atoms with E-state index in [0.717, 1.165) is 35.0 Å². The Morgan fingerprint density at radius 1 is 1.21 bits per heavy atom. The second-order valence-electron chi connectivity index (χ2n) is 7.23. The Morgan fingerprint density at radius 2 is 2.04 bits per heavy atom. The maximum absolute atomic E-state index is 11.5. The number of carbonyl (C=O) groups excluding carboxylic acids is 2. The Bertz CT molecular complexity index is 851. The SMILES string of the molecule is NC(CCCC=O)C(N)C1CC(NCc2cc3ccccc3o2)=CC=C1C=O. The lowest BCUT2D eigenvalue weighted by molar-refractivity contribution is -0.108. The van der Waals surface area contributed by atoms with Gasteiger partial charge in [0, 0.05) is 35.5 Å². The first kappa shape index (κ1) is 20.0. The van der Waals surface area contributed by atoms with Gasteiger partial charge >= 0.3 is 0 Å². The van der Waals surface area contributed by atoms with Crippen molar-refractivity contribution in [1.82, 2.24) is 5.32 Å². The monoisotopic (exact) mass is 381 g/mol. The quantitative estimate of drug-likeness (QED) is 0.431. The van der Waals surface area contributed by atoms with Crippen molar-refractivity contribution in [3.05, 3.63) is 59.5 Å². The molecular formula is C22H27N3O3. The molecule has 0 fully saturated rings. The van der Waals surface area contributed by atoms with E-state index < -0.39 is 0 Å². The van der Waals surface area contributed by atoms with Gasteiger partial charge < -0.3 is 26.0 Å². The summed E-state index contributed by atoms with van der Waals surface area (Å²) in [6.45, 7) is 0.554. The summed E-state index contributed by atoms with van der Waals surface area (Å²) >= 11 is 0. The lowest BCUT2D eigenvalue weighted by Crippen LogP contribution is -2.48. The number of hydrogen-bond acceptors (Lipinski definition) is 6. The summed E-state index contributed by atoms with van der Waals surface area (Å²) in [5.74, 6) is 0.700. The molecule has 1 aromatic heterocycles. The van der Waals surface area contributed by atoms with Gasteiger partial charge in [0.2, 0.25) is 0 Å². The summed E-state index contributed by atoms with van der Waals surface area (Å²) in [6, 6.07) is 9.30. The zero-order chi connectivity index (χ0) is 19.9. The van der Waals surface area contributed by atoms with Crippen LogP contribution in [0, 0.1) is 5.92 Å². The first-order valence-corrected chi connectivity index (χ1v) is 9.64. The number of benzene rings is 1. The molecule has 6 heteroatoms. The number of carbonyl (C=O) groups is 2. The highest BCUT2D eigenvalue weighted by molar-refractivity contribution is 5.77. The molecule has 5 N–H and O–H groups in total. The molecular weight excluding hydrogens is 354 g/mol. The molecule has 0 radical (unpaired) electrons. The Morgan fingerprint density at radius 3 is 2.79 bits per heavy atom. The topological polar surface area (TPSA) is 111 Å². The average molecular weight is 381 g/mol. The van der Waals surface area contributed by atoms with Crippen molar-refractivity contribution in [3.8, 4) is 0 Å². The van der Waals surface area contributed by atoms with Crippen LogP contribution in [0.1, 0.15) is 31.4 Å². The van der Waals surface area contributed by atoms with Gasteiger partial charge in [0.05, 0.1) is 6.54 Å².